The molecule has 90 valence electrons. The van der Waals surface area contributed by atoms with Crippen molar-refractivity contribution in [3.8, 4) is 5.75 Å². The van der Waals surface area contributed by atoms with E-state index in [0.717, 1.165) is 16.0 Å². The second-order valence-corrected chi connectivity index (χ2v) is 4.59. The number of thiazole rings is 1. The van der Waals surface area contributed by atoms with E-state index in [2.05, 4.69) is 4.98 Å². The molecule has 1 N–H and O–H groups in total. The van der Waals surface area contributed by atoms with Crippen LogP contribution >= 0.6 is 11.3 Å². The van der Waals surface area contributed by atoms with Gasteiger partial charge in [0.15, 0.2) is 5.13 Å². The number of carboxylic acids is 1. The molecule has 5 nitrogen and oxygen atoms in total. The number of fused-ring (bicyclic) bond motifs is 1. The Labute approximate surface area is 102 Å². The SMILES string of the molecule is COc1ccc2sc(N(C)CC(=O)O)nc2c1. The van der Waals surface area contributed by atoms with Crippen molar-refractivity contribution in [1.29, 1.82) is 0 Å². The molecule has 0 bridgehead atoms. The van der Waals surface area contributed by atoms with Crippen LogP contribution in [0.4, 0.5) is 5.13 Å². The van der Waals surface area contributed by atoms with E-state index < -0.39 is 5.97 Å². The highest BCUT2D eigenvalue weighted by molar-refractivity contribution is 7.22. The van der Waals surface area contributed by atoms with Crippen molar-refractivity contribution in [2.45, 2.75) is 0 Å². The molecule has 2 rings (SSSR count). The van der Waals surface area contributed by atoms with E-state index in [-0.39, 0.29) is 6.54 Å². The van der Waals surface area contributed by atoms with Crippen LogP contribution in [0.5, 0.6) is 5.75 Å². The van der Waals surface area contributed by atoms with Gasteiger partial charge in [0.05, 0.1) is 17.3 Å². The zero-order valence-electron chi connectivity index (χ0n) is 9.51. The maximum Gasteiger partial charge on any atom is 0.323 e. The van der Waals surface area contributed by atoms with Crippen LogP contribution in [0.2, 0.25) is 0 Å². The Morgan fingerprint density at radius 2 is 2.35 bits per heavy atom. The summed E-state index contributed by atoms with van der Waals surface area (Å²) in [5.41, 5.74) is 0.821. The van der Waals surface area contributed by atoms with Crippen LogP contribution in [0.3, 0.4) is 0 Å². The highest BCUT2D eigenvalue weighted by atomic mass is 32.1. The first kappa shape index (κ1) is 11.7. The first-order valence-electron chi connectivity index (χ1n) is 4.97. The molecule has 1 heterocycles. The Kier molecular flexibility index (Phi) is 3.14. The second-order valence-electron chi connectivity index (χ2n) is 3.58. The number of nitrogens with zero attached hydrogens (tertiary/aromatic N) is 2. The quantitative estimate of drug-likeness (QED) is 0.899. The van der Waals surface area contributed by atoms with Crippen LogP contribution < -0.4 is 9.64 Å². The molecular formula is C11H12N2O3S. The lowest BCUT2D eigenvalue weighted by molar-refractivity contribution is -0.135. The molecule has 1 aromatic heterocycles. The van der Waals surface area contributed by atoms with Crippen molar-refractivity contribution in [2.24, 2.45) is 0 Å². The summed E-state index contributed by atoms with van der Waals surface area (Å²) in [6.07, 6.45) is 0. The average Bonchev–Trinajstić information content (AvgIpc) is 2.70. The Bertz CT molecular complexity index is 553. The summed E-state index contributed by atoms with van der Waals surface area (Å²) in [6.45, 7) is -0.0586. The van der Waals surface area contributed by atoms with Gasteiger partial charge in [-0.3, -0.25) is 4.79 Å². The Morgan fingerprint density at radius 3 is 3.00 bits per heavy atom. The number of ether oxygens (including phenoxy) is 1. The summed E-state index contributed by atoms with van der Waals surface area (Å²) in [7, 11) is 3.31. The van der Waals surface area contributed by atoms with Crippen LogP contribution in [0.1, 0.15) is 0 Å². The number of rotatable bonds is 4. The predicted octanol–water partition coefficient (Wildman–Crippen LogP) is 1.83. The number of methoxy groups -OCH3 is 1. The third kappa shape index (κ3) is 2.47. The fraction of sp³-hybridized carbons (Fsp3) is 0.273. The number of hydrogen-bond donors (Lipinski definition) is 1. The maximum absolute atomic E-state index is 10.6. The molecule has 6 heteroatoms. The molecule has 17 heavy (non-hydrogen) atoms. The molecule has 0 saturated heterocycles. The van der Waals surface area contributed by atoms with Crippen molar-refractivity contribution >= 4 is 32.7 Å². The van der Waals surface area contributed by atoms with Crippen molar-refractivity contribution in [3.05, 3.63) is 18.2 Å². The molecular weight excluding hydrogens is 240 g/mol. The number of likely N-dealkylation sites (N-methyl/N-ethyl adjacent to an activating group) is 1. The summed E-state index contributed by atoms with van der Waals surface area (Å²) in [5.74, 6) is -0.125. The minimum absolute atomic E-state index is 0.0586. The van der Waals surface area contributed by atoms with Gasteiger partial charge in [0, 0.05) is 13.1 Å². The Hall–Kier alpha value is -1.82. The molecule has 0 atom stereocenters. The van der Waals surface area contributed by atoms with Crippen LogP contribution in [0, 0.1) is 0 Å². The first-order valence-corrected chi connectivity index (χ1v) is 5.79. The number of carbonyl (C=O) groups is 1. The highest BCUT2D eigenvalue weighted by Gasteiger charge is 2.11. The van der Waals surface area contributed by atoms with Crippen LogP contribution in [0.15, 0.2) is 18.2 Å². The molecule has 0 amide bonds. The van der Waals surface area contributed by atoms with Gasteiger partial charge < -0.3 is 14.7 Å². The maximum atomic E-state index is 10.6. The molecule has 0 aliphatic carbocycles. The molecule has 0 aliphatic heterocycles. The molecule has 0 spiro atoms. The topological polar surface area (TPSA) is 62.7 Å². The van der Waals surface area contributed by atoms with Gasteiger partial charge in [0.1, 0.15) is 12.3 Å². The van der Waals surface area contributed by atoms with Crippen LogP contribution in [-0.4, -0.2) is 36.8 Å². The molecule has 0 fully saturated rings. The molecule has 2 aromatic rings. The first-order chi connectivity index (χ1) is 8.10. The largest absolute Gasteiger partial charge is 0.497 e. The summed E-state index contributed by atoms with van der Waals surface area (Å²) in [6, 6.07) is 5.62. The molecule has 0 aliphatic rings. The van der Waals surface area contributed by atoms with Gasteiger partial charge >= 0.3 is 5.97 Å². The zero-order valence-corrected chi connectivity index (χ0v) is 10.3. The number of anilines is 1. The fourth-order valence-corrected chi connectivity index (χ4v) is 2.36. The van der Waals surface area contributed by atoms with E-state index in [1.54, 1.807) is 19.1 Å². The fourth-order valence-electron chi connectivity index (χ4n) is 1.46. The smallest absolute Gasteiger partial charge is 0.323 e. The van der Waals surface area contributed by atoms with Gasteiger partial charge in [-0.1, -0.05) is 11.3 Å². The van der Waals surface area contributed by atoms with Crippen molar-refractivity contribution in [1.82, 2.24) is 4.98 Å². The molecule has 1 aromatic carbocycles. The van der Waals surface area contributed by atoms with Gasteiger partial charge in [-0.25, -0.2) is 4.98 Å². The second kappa shape index (κ2) is 4.58. The third-order valence-electron chi connectivity index (χ3n) is 2.28. The Morgan fingerprint density at radius 1 is 1.59 bits per heavy atom. The number of aliphatic carboxylic acids is 1. The lowest BCUT2D eigenvalue weighted by Gasteiger charge is -2.11. The van der Waals surface area contributed by atoms with E-state index >= 15 is 0 Å². The van der Waals surface area contributed by atoms with Crippen molar-refractivity contribution < 1.29 is 14.6 Å². The molecule has 0 saturated carbocycles. The molecule has 0 unspecified atom stereocenters. The monoisotopic (exact) mass is 252 g/mol. The van der Waals surface area contributed by atoms with Crippen molar-refractivity contribution in [2.75, 3.05) is 25.6 Å². The third-order valence-corrected chi connectivity index (χ3v) is 3.43. The highest BCUT2D eigenvalue weighted by Crippen LogP contribution is 2.30. The van der Waals surface area contributed by atoms with E-state index in [0.29, 0.717) is 5.13 Å². The number of hydrogen-bond acceptors (Lipinski definition) is 5. The summed E-state index contributed by atoms with van der Waals surface area (Å²) in [4.78, 5) is 16.6. The number of aromatic nitrogens is 1. The van der Waals surface area contributed by atoms with E-state index in [1.165, 1.54) is 11.3 Å². The van der Waals surface area contributed by atoms with Gasteiger partial charge in [-0.05, 0) is 12.1 Å². The average molecular weight is 252 g/mol. The van der Waals surface area contributed by atoms with Gasteiger partial charge in [-0.2, -0.15) is 0 Å². The lowest BCUT2D eigenvalue weighted by Crippen LogP contribution is -2.24. The van der Waals surface area contributed by atoms with Gasteiger partial charge in [0.2, 0.25) is 0 Å². The van der Waals surface area contributed by atoms with Crippen molar-refractivity contribution in [3.63, 3.8) is 0 Å². The van der Waals surface area contributed by atoms with E-state index in [9.17, 15) is 4.79 Å². The van der Waals surface area contributed by atoms with Crippen LogP contribution in [-0.2, 0) is 4.79 Å². The Balaban J connectivity index is 2.33. The lowest BCUT2D eigenvalue weighted by atomic mass is 10.3. The predicted molar refractivity (Wildman–Crippen MR) is 67.1 cm³/mol. The minimum atomic E-state index is -0.871. The summed E-state index contributed by atoms with van der Waals surface area (Å²) in [5, 5.41) is 9.41. The summed E-state index contributed by atoms with van der Waals surface area (Å²) < 4.78 is 6.13. The summed E-state index contributed by atoms with van der Waals surface area (Å²) >= 11 is 1.46. The van der Waals surface area contributed by atoms with Gasteiger partial charge in [-0.15, -0.1) is 0 Å². The number of carboxylic acid groups (broad SMARTS) is 1. The zero-order chi connectivity index (χ0) is 12.4. The van der Waals surface area contributed by atoms with E-state index in [1.807, 2.05) is 18.2 Å². The van der Waals surface area contributed by atoms with Crippen LogP contribution in [0.25, 0.3) is 10.2 Å². The number of benzene rings is 1. The minimum Gasteiger partial charge on any atom is -0.497 e. The van der Waals surface area contributed by atoms with Gasteiger partial charge in [0.25, 0.3) is 0 Å². The normalized spacial score (nSPS) is 10.5. The van der Waals surface area contributed by atoms with E-state index in [4.69, 9.17) is 9.84 Å². The molecule has 0 radical (unpaired) electrons. The standard InChI is InChI=1S/C11H12N2O3S/c1-13(6-10(14)15)11-12-8-5-7(16-2)3-4-9(8)17-11/h3-5H,6H2,1-2H3,(H,14,15).